The van der Waals surface area contributed by atoms with Crippen molar-refractivity contribution >= 4 is 15.7 Å². The van der Waals surface area contributed by atoms with Crippen molar-refractivity contribution in [2.24, 2.45) is 0 Å². The predicted molar refractivity (Wildman–Crippen MR) is 111 cm³/mol. The van der Waals surface area contributed by atoms with Crippen molar-refractivity contribution in [2.75, 3.05) is 12.9 Å². The Kier molecular flexibility index (Phi) is 7.54. The standard InChI is InChI=1S/C20H26N2O7S/c1-20(19(26)21-27,30(2,28)29)8-10-22-9-7-16(12-18(22)25)15-5-3-14(4-6-15)11-17(24)13-23/h3-7,9,12,17,23-24,27H,8,10-11,13H2,1-2H3,(H,21,26). The first-order valence-corrected chi connectivity index (χ1v) is 11.1. The van der Waals surface area contributed by atoms with E-state index in [4.69, 9.17) is 10.3 Å². The molecule has 164 valence electrons. The zero-order chi connectivity index (χ0) is 22.5. The lowest BCUT2D eigenvalue weighted by Crippen LogP contribution is -2.49. The predicted octanol–water partition coefficient (Wildman–Crippen LogP) is 0.110. The summed E-state index contributed by atoms with van der Waals surface area (Å²) in [6, 6.07) is 10.3. The Bertz CT molecular complexity index is 1050. The lowest BCUT2D eigenvalue weighted by atomic mass is 10.0. The second-order valence-electron chi connectivity index (χ2n) is 7.38. The maximum Gasteiger partial charge on any atom is 0.264 e. The van der Waals surface area contributed by atoms with Crippen molar-refractivity contribution in [3.05, 3.63) is 58.5 Å². The Morgan fingerprint density at radius 2 is 1.83 bits per heavy atom. The minimum Gasteiger partial charge on any atom is -0.394 e. The number of amides is 1. The number of nitrogens with zero attached hydrogens (tertiary/aromatic N) is 1. The largest absolute Gasteiger partial charge is 0.394 e. The van der Waals surface area contributed by atoms with Crippen molar-refractivity contribution in [3.63, 3.8) is 0 Å². The van der Waals surface area contributed by atoms with Gasteiger partial charge in [0.2, 0.25) is 0 Å². The molecule has 0 aliphatic heterocycles. The molecular formula is C20H26N2O7S. The molecule has 1 aromatic heterocycles. The number of benzene rings is 1. The van der Waals surface area contributed by atoms with E-state index in [0.717, 1.165) is 17.4 Å². The maximum atomic E-state index is 12.5. The van der Waals surface area contributed by atoms with Gasteiger partial charge < -0.3 is 14.8 Å². The van der Waals surface area contributed by atoms with Crippen molar-refractivity contribution in [2.45, 2.75) is 37.2 Å². The van der Waals surface area contributed by atoms with Crippen LogP contribution < -0.4 is 11.0 Å². The Morgan fingerprint density at radius 1 is 1.20 bits per heavy atom. The molecule has 0 aliphatic carbocycles. The van der Waals surface area contributed by atoms with Gasteiger partial charge >= 0.3 is 0 Å². The third-order valence-corrected chi connectivity index (χ3v) is 7.22. The summed E-state index contributed by atoms with van der Waals surface area (Å²) < 4.78 is 23.5. The number of hydroxylamine groups is 1. The molecule has 0 radical (unpaired) electrons. The number of hydrogen-bond acceptors (Lipinski definition) is 7. The van der Waals surface area contributed by atoms with Crippen molar-refractivity contribution in [3.8, 4) is 11.1 Å². The van der Waals surface area contributed by atoms with Gasteiger partial charge in [0, 0.05) is 31.5 Å². The molecule has 0 bridgehead atoms. The summed E-state index contributed by atoms with van der Waals surface area (Å²) in [6.45, 7) is 0.842. The van der Waals surface area contributed by atoms with Gasteiger partial charge in [0.15, 0.2) is 14.6 Å². The van der Waals surface area contributed by atoms with Crippen LogP contribution in [0.2, 0.25) is 0 Å². The summed E-state index contributed by atoms with van der Waals surface area (Å²) in [5.74, 6) is -1.05. The highest BCUT2D eigenvalue weighted by Crippen LogP contribution is 2.23. The summed E-state index contributed by atoms with van der Waals surface area (Å²) >= 11 is 0. The van der Waals surface area contributed by atoms with Crippen LogP contribution in [-0.2, 0) is 27.6 Å². The van der Waals surface area contributed by atoms with Crippen LogP contribution in [-0.4, -0.2) is 58.0 Å². The first-order chi connectivity index (χ1) is 14.0. The Hall–Kier alpha value is -2.53. The molecule has 1 amide bonds. The van der Waals surface area contributed by atoms with E-state index in [1.54, 1.807) is 30.3 Å². The fourth-order valence-electron chi connectivity index (χ4n) is 2.96. The second kappa shape index (κ2) is 9.52. The van der Waals surface area contributed by atoms with E-state index in [1.165, 1.54) is 29.2 Å². The van der Waals surface area contributed by atoms with Crippen molar-refractivity contribution < 1.29 is 28.6 Å². The number of aryl methyl sites for hydroxylation is 1. The average Bonchev–Trinajstić information content (AvgIpc) is 2.71. The van der Waals surface area contributed by atoms with Crippen LogP contribution in [0.4, 0.5) is 0 Å². The molecule has 10 heteroatoms. The second-order valence-corrected chi connectivity index (χ2v) is 9.82. The summed E-state index contributed by atoms with van der Waals surface area (Å²) in [6.07, 6.45) is 1.71. The van der Waals surface area contributed by atoms with Crippen LogP contribution in [0.25, 0.3) is 11.1 Å². The summed E-state index contributed by atoms with van der Waals surface area (Å²) in [7, 11) is -3.85. The summed E-state index contributed by atoms with van der Waals surface area (Å²) in [5.41, 5.74) is 3.29. The SMILES string of the molecule is CC(CCn1ccc(-c2ccc(CC(O)CO)cc2)cc1=O)(C(=O)NO)S(C)(=O)=O. The fraction of sp³-hybridized carbons (Fsp3) is 0.400. The molecule has 0 saturated carbocycles. The van der Waals surface area contributed by atoms with Crippen LogP contribution >= 0.6 is 0 Å². The van der Waals surface area contributed by atoms with Gasteiger partial charge in [-0.15, -0.1) is 0 Å². The molecule has 2 unspecified atom stereocenters. The minimum atomic E-state index is -3.85. The van der Waals surface area contributed by atoms with E-state index in [0.29, 0.717) is 12.0 Å². The van der Waals surface area contributed by atoms with Crippen LogP contribution in [0.5, 0.6) is 0 Å². The molecule has 0 spiro atoms. The summed E-state index contributed by atoms with van der Waals surface area (Å²) in [4.78, 5) is 24.4. The molecule has 0 saturated heterocycles. The Balaban J connectivity index is 2.19. The molecule has 0 aliphatic rings. The highest BCUT2D eigenvalue weighted by Gasteiger charge is 2.43. The third kappa shape index (κ3) is 5.33. The zero-order valence-electron chi connectivity index (χ0n) is 16.8. The van der Waals surface area contributed by atoms with Gasteiger partial charge in [-0.3, -0.25) is 14.8 Å². The van der Waals surface area contributed by atoms with E-state index < -0.39 is 26.6 Å². The Labute approximate surface area is 174 Å². The molecule has 30 heavy (non-hydrogen) atoms. The number of carbonyl (C=O) groups excluding carboxylic acids is 1. The molecular weight excluding hydrogens is 412 g/mol. The molecule has 1 heterocycles. The van der Waals surface area contributed by atoms with Crippen molar-refractivity contribution in [1.82, 2.24) is 10.0 Å². The van der Waals surface area contributed by atoms with Gasteiger partial charge in [-0.25, -0.2) is 13.9 Å². The lowest BCUT2D eigenvalue weighted by molar-refractivity contribution is -0.131. The molecule has 2 atom stereocenters. The maximum absolute atomic E-state index is 12.5. The van der Waals surface area contributed by atoms with Gasteiger partial charge in [0.1, 0.15) is 0 Å². The van der Waals surface area contributed by atoms with Crippen LogP contribution in [0, 0.1) is 0 Å². The van der Waals surface area contributed by atoms with Gasteiger partial charge in [0.05, 0.1) is 12.7 Å². The van der Waals surface area contributed by atoms with E-state index in [-0.39, 0.29) is 25.1 Å². The number of pyridine rings is 1. The monoisotopic (exact) mass is 438 g/mol. The van der Waals surface area contributed by atoms with Gasteiger partial charge in [0.25, 0.3) is 11.5 Å². The van der Waals surface area contributed by atoms with Crippen LogP contribution in [0.15, 0.2) is 47.4 Å². The van der Waals surface area contributed by atoms with E-state index in [1.807, 2.05) is 0 Å². The fourth-order valence-corrected chi connectivity index (χ4v) is 3.81. The zero-order valence-corrected chi connectivity index (χ0v) is 17.6. The van der Waals surface area contributed by atoms with Crippen LogP contribution in [0.3, 0.4) is 0 Å². The van der Waals surface area contributed by atoms with E-state index in [9.17, 15) is 23.1 Å². The number of rotatable bonds is 9. The smallest absolute Gasteiger partial charge is 0.264 e. The van der Waals surface area contributed by atoms with Gasteiger partial charge in [-0.1, -0.05) is 24.3 Å². The van der Waals surface area contributed by atoms with Gasteiger partial charge in [-0.2, -0.15) is 0 Å². The summed E-state index contributed by atoms with van der Waals surface area (Å²) in [5, 5.41) is 27.3. The average molecular weight is 439 g/mol. The molecule has 9 nitrogen and oxygen atoms in total. The molecule has 2 rings (SSSR count). The Morgan fingerprint density at radius 3 is 2.33 bits per heavy atom. The normalized spacial score (nSPS) is 14.7. The number of sulfone groups is 1. The van der Waals surface area contributed by atoms with E-state index >= 15 is 0 Å². The minimum absolute atomic E-state index is 0.0336. The number of aliphatic hydroxyl groups excluding tert-OH is 2. The molecule has 1 aromatic carbocycles. The topological polar surface area (TPSA) is 146 Å². The van der Waals surface area contributed by atoms with E-state index in [2.05, 4.69) is 0 Å². The first-order valence-electron chi connectivity index (χ1n) is 9.24. The number of aromatic nitrogens is 1. The third-order valence-electron chi connectivity index (χ3n) is 5.20. The molecule has 0 fully saturated rings. The highest BCUT2D eigenvalue weighted by molar-refractivity contribution is 7.92. The number of carbonyl (C=O) groups is 1. The number of nitrogens with one attached hydrogen (secondary N) is 1. The number of aliphatic hydroxyl groups is 2. The van der Waals surface area contributed by atoms with Gasteiger partial charge in [-0.05, 0) is 36.1 Å². The molecule has 4 N–H and O–H groups in total. The number of hydrogen-bond donors (Lipinski definition) is 4. The lowest BCUT2D eigenvalue weighted by Gasteiger charge is -2.25. The highest BCUT2D eigenvalue weighted by atomic mass is 32.2. The quantitative estimate of drug-likeness (QED) is 0.321. The molecule has 2 aromatic rings. The van der Waals surface area contributed by atoms with Crippen LogP contribution in [0.1, 0.15) is 18.9 Å². The first kappa shape index (κ1) is 23.7. The van der Waals surface area contributed by atoms with Crippen molar-refractivity contribution in [1.29, 1.82) is 0 Å².